The summed E-state index contributed by atoms with van der Waals surface area (Å²) in [5.41, 5.74) is 4.76. The molecule has 34 heavy (non-hydrogen) atoms. The third-order valence-electron chi connectivity index (χ3n) is 7.88. The van der Waals surface area contributed by atoms with Gasteiger partial charge in [0, 0.05) is 5.92 Å². The molecule has 0 bridgehead atoms. The summed E-state index contributed by atoms with van der Waals surface area (Å²) in [6.07, 6.45) is 1.64. The van der Waals surface area contributed by atoms with Crippen LogP contribution in [0.4, 0.5) is 0 Å². The number of amides is 1. The number of aryl methyl sites for hydroxylation is 2. The summed E-state index contributed by atoms with van der Waals surface area (Å²) >= 11 is 0. The fourth-order valence-corrected chi connectivity index (χ4v) is 6.39. The van der Waals surface area contributed by atoms with Gasteiger partial charge in [0.05, 0.1) is 17.5 Å². The Kier molecular flexibility index (Phi) is 5.77. The van der Waals surface area contributed by atoms with Gasteiger partial charge in [-0.3, -0.25) is 28.9 Å². The molecule has 0 aliphatic heterocycles. The number of nitrogens with zero attached hydrogens (tertiary/aromatic N) is 1. The molecule has 5 unspecified atom stereocenters. The van der Waals surface area contributed by atoms with Crippen molar-refractivity contribution in [2.24, 2.45) is 29.4 Å². The van der Waals surface area contributed by atoms with Crippen molar-refractivity contribution in [3.63, 3.8) is 0 Å². The number of aromatic hydroxyl groups is 1. The highest BCUT2D eigenvalue weighted by Crippen LogP contribution is 2.51. The Hall–Kier alpha value is -2.91. The van der Waals surface area contributed by atoms with Crippen LogP contribution >= 0.6 is 0 Å². The van der Waals surface area contributed by atoms with Crippen LogP contribution in [0.5, 0.6) is 5.75 Å². The lowest BCUT2D eigenvalue weighted by Crippen LogP contribution is -2.74. The minimum Gasteiger partial charge on any atom is -0.507 e. The number of benzene rings is 1. The van der Waals surface area contributed by atoms with Gasteiger partial charge in [0.2, 0.25) is 5.91 Å². The van der Waals surface area contributed by atoms with Gasteiger partial charge < -0.3 is 15.9 Å². The first kappa shape index (κ1) is 24.2. The van der Waals surface area contributed by atoms with Crippen LogP contribution in [0.15, 0.2) is 6.07 Å². The fourth-order valence-electron chi connectivity index (χ4n) is 6.39. The summed E-state index contributed by atoms with van der Waals surface area (Å²) < 4.78 is 0. The number of carbonyl (C=O) groups is 5. The van der Waals surface area contributed by atoms with E-state index in [0.29, 0.717) is 17.5 Å². The number of fused-ring (bicyclic) bond motifs is 3. The second-order valence-corrected chi connectivity index (χ2v) is 10.1. The molecule has 1 amide bonds. The molecule has 0 spiro atoms. The lowest BCUT2D eigenvalue weighted by molar-refractivity contribution is -0.181. The summed E-state index contributed by atoms with van der Waals surface area (Å²) in [4.78, 5) is 67.1. The number of ketones is 4. The van der Waals surface area contributed by atoms with E-state index in [1.54, 1.807) is 14.1 Å². The Labute approximate surface area is 197 Å². The Morgan fingerprint density at radius 1 is 1.21 bits per heavy atom. The van der Waals surface area contributed by atoms with Gasteiger partial charge in [-0.15, -0.1) is 0 Å². The smallest absolute Gasteiger partial charge is 0.235 e. The quantitative estimate of drug-likeness (QED) is 0.525. The first-order chi connectivity index (χ1) is 15.9. The predicted octanol–water partition coefficient (Wildman–Crippen LogP) is 0.128. The van der Waals surface area contributed by atoms with E-state index in [9.17, 15) is 34.2 Å². The first-order valence-corrected chi connectivity index (χ1v) is 11.6. The van der Waals surface area contributed by atoms with Gasteiger partial charge in [0.15, 0.2) is 34.7 Å². The standard InChI is InChI=1S/C25H30N2O7/c1-5-6-11-7-10(2)13-8-12-9-14-18(27(3)4)21(30)17(24(26)33)23(32)25(14,34)22(31)15(12)20(29)16(13)19(11)28/h7,12,14-15,17-18,28,34H,5-6,8-9H2,1-4H3,(H2,26,33)/t12?,14?,15?,17?,18?,25-/m1/s1. The molecule has 0 aromatic heterocycles. The van der Waals surface area contributed by atoms with Crippen LogP contribution in [0, 0.1) is 30.6 Å². The molecule has 1 aromatic carbocycles. The molecule has 4 rings (SSSR count). The zero-order valence-electron chi connectivity index (χ0n) is 19.8. The Morgan fingerprint density at radius 3 is 2.41 bits per heavy atom. The number of likely N-dealkylation sites (N-methyl/N-ethyl adjacent to an activating group) is 1. The average molecular weight is 471 g/mol. The summed E-state index contributed by atoms with van der Waals surface area (Å²) in [5.74, 6) is -10.0. The number of primary amides is 1. The van der Waals surface area contributed by atoms with E-state index < -0.39 is 64.4 Å². The van der Waals surface area contributed by atoms with E-state index in [4.69, 9.17) is 5.73 Å². The lowest BCUT2D eigenvalue weighted by atomic mass is 9.52. The molecule has 182 valence electrons. The van der Waals surface area contributed by atoms with E-state index in [-0.39, 0.29) is 24.2 Å². The Morgan fingerprint density at radius 2 is 1.85 bits per heavy atom. The number of phenols is 1. The summed E-state index contributed by atoms with van der Waals surface area (Å²) in [6, 6.07) is 0.753. The van der Waals surface area contributed by atoms with E-state index in [1.165, 1.54) is 4.90 Å². The van der Waals surface area contributed by atoms with E-state index >= 15 is 0 Å². The highest BCUT2D eigenvalue weighted by atomic mass is 16.3. The van der Waals surface area contributed by atoms with Crippen molar-refractivity contribution in [2.75, 3.05) is 14.1 Å². The van der Waals surface area contributed by atoms with Crippen molar-refractivity contribution < 1.29 is 34.2 Å². The summed E-state index contributed by atoms with van der Waals surface area (Å²) in [5, 5.41) is 22.4. The minimum atomic E-state index is -2.69. The number of rotatable bonds is 4. The van der Waals surface area contributed by atoms with Gasteiger partial charge >= 0.3 is 0 Å². The highest BCUT2D eigenvalue weighted by molar-refractivity contribution is 6.32. The molecule has 0 saturated heterocycles. The van der Waals surface area contributed by atoms with E-state index in [0.717, 1.165) is 12.0 Å². The SMILES string of the molecule is CCCc1cc(C)c2c(c1O)C(=O)C1C(=O)[C@@]3(O)C(=O)C(C(N)=O)C(=O)C(N(C)C)C3CC1C2. The molecule has 3 aliphatic rings. The molecule has 0 heterocycles. The number of carbonyl (C=O) groups excluding carboxylic acids is 5. The molecule has 3 aliphatic carbocycles. The molecule has 9 heteroatoms. The van der Waals surface area contributed by atoms with Crippen molar-refractivity contribution in [3.05, 3.63) is 28.3 Å². The maximum atomic E-state index is 13.7. The third kappa shape index (κ3) is 3.10. The van der Waals surface area contributed by atoms with Crippen LogP contribution in [-0.2, 0) is 32.0 Å². The van der Waals surface area contributed by atoms with Crippen molar-refractivity contribution >= 4 is 29.0 Å². The summed E-state index contributed by atoms with van der Waals surface area (Å²) in [6.45, 7) is 3.79. The molecule has 9 nitrogen and oxygen atoms in total. The fraction of sp³-hybridized carbons (Fsp3) is 0.560. The number of aliphatic hydroxyl groups is 1. The van der Waals surface area contributed by atoms with Crippen LogP contribution in [0.3, 0.4) is 0 Å². The van der Waals surface area contributed by atoms with Gasteiger partial charge in [-0.1, -0.05) is 19.4 Å². The number of phenolic OH excluding ortho intramolecular Hbond substituents is 1. The van der Waals surface area contributed by atoms with Gasteiger partial charge in [-0.05, 0) is 62.9 Å². The van der Waals surface area contributed by atoms with Crippen molar-refractivity contribution in [3.8, 4) is 5.75 Å². The molecular formula is C25H30N2O7. The minimum absolute atomic E-state index is 0.0564. The maximum absolute atomic E-state index is 13.7. The van der Waals surface area contributed by atoms with Crippen molar-refractivity contribution in [1.29, 1.82) is 0 Å². The second kappa shape index (κ2) is 8.09. The average Bonchev–Trinajstić information content (AvgIpc) is 2.74. The Bertz CT molecular complexity index is 1140. The first-order valence-electron chi connectivity index (χ1n) is 11.6. The van der Waals surface area contributed by atoms with Crippen LogP contribution in [0.1, 0.15) is 46.8 Å². The van der Waals surface area contributed by atoms with Crippen molar-refractivity contribution in [2.45, 2.75) is 51.2 Å². The summed E-state index contributed by atoms with van der Waals surface area (Å²) in [7, 11) is 3.12. The number of Topliss-reactive ketones (excluding diaryl/α,β-unsaturated/α-hetero) is 4. The lowest BCUT2D eigenvalue weighted by Gasteiger charge is -2.52. The highest BCUT2D eigenvalue weighted by Gasteiger charge is 2.69. The van der Waals surface area contributed by atoms with Gasteiger partial charge in [-0.2, -0.15) is 0 Å². The van der Waals surface area contributed by atoms with Gasteiger partial charge in [0.1, 0.15) is 5.75 Å². The largest absolute Gasteiger partial charge is 0.507 e. The molecule has 1 aromatic rings. The van der Waals surface area contributed by atoms with Crippen LogP contribution in [0.2, 0.25) is 0 Å². The number of nitrogens with two attached hydrogens (primary N) is 1. The van der Waals surface area contributed by atoms with Crippen molar-refractivity contribution in [1.82, 2.24) is 4.90 Å². The normalized spacial score (nSPS) is 32.9. The number of hydrogen-bond donors (Lipinski definition) is 3. The topological polar surface area (TPSA) is 155 Å². The van der Waals surface area contributed by atoms with Crippen LogP contribution in [-0.4, -0.2) is 69.9 Å². The van der Waals surface area contributed by atoms with Crippen LogP contribution in [0.25, 0.3) is 0 Å². The monoisotopic (exact) mass is 470 g/mol. The van der Waals surface area contributed by atoms with Crippen LogP contribution < -0.4 is 5.73 Å². The molecular weight excluding hydrogens is 440 g/mol. The Balaban J connectivity index is 1.87. The number of hydrogen-bond acceptors (Lipinski definition) is 8. The molecule has 0 radical (unpaired) electrons. The van der Waals surface area contributed by atoms with Gasteiger partial charge in [0.25, 0.3) is 0 Å². The second-order valence-electron chi connectivity index (χ2n) is 10.1. The van der Waals surface area contributed by atoms with E-state index in [2.05, 4.69) is 0 Å². The molecule has 4 N–H and O–H groups in total. The zero-order valence-corrected chi connectivity index (χ0v) is 19.8. The van der Waals surface area contributed by atoms with E-state index in [1.807, 2.05) is 19.9 Å². The maximum Gasteiger partial charge on any atom is 0.235 e. The molecule has 2 saturated carbocycles. The molecule has 6 atom stereocenters. The predicted molar refractivity (Wildman–Crippen MR) is 120 cm³/mol. The zero-order chi connectivity index (χ0) is 25.3. The van der Waals surface area contributed by atoms with Gasteiger partial charge in [-0.25, -0.2) is 0 Å². The molecule has 2 fully saturated rings. The third-order valence-corrected chi connectivity index (χ3v) is 7.88.